The topological polar surface area (TPSA) is 52.6 Å². The van der Waals surface area contributed by atoms with Gasteiger partial charge in [0, 0.05) is 17.5 Å². The lowest BCUT2D eigenvalue weighted by Gasteiger charge is -2.17. The van der Waals surface area contributed by atoms with E-state index < -0.39 is 11.9 Å². The minimum Gasteiger partial charge on any atom is -0.423 e. The number of hydrogen-bond donors (Lipinski definition) is 0. The molecule has 0 fully saturated rings. The Hall–Kier alpha value is -5.22. The summed E-state index contributed by atoms with van der Waals surface area (Å²) in [4.78, 5) is 26.4. The zero-order valence-corrected chi connectivity index (χ0v) is 22.9. The van der Waals surface area contributed by atoms with Crippen molar-refractivity contribution in [1.82, 2.24) is 0 Å². The lowest BCUT2D eigenvalue weighted by molar-refractivity contribution is 0.0726. The first kappa shape index (κ1) is 26.0. The summed E-state index contributed by atoms with van der Waals surface area (Å²) in [5.41, 5.74) is 4.62. The van der Waals surface area contributed by atoms with Crippen LogP contribution in [0.3, 0.4) is 0 Å². The normalized spacial score (nSPS) is 11.0. The van der Waals surface area contributed by atoms with Crippen molar-refractivity contribution in [2.45, 2.75) is 20.3 Å². The van der Waals surface area contributed by atoms with E-state index in [1.54, 1.807) is 12.1 Å². The van der Waals surface area contributed by atoms with Gasteiger partial charge in [0.05, 0.1) is 11.1 Å². The summed E-state index contributed by atoms with van der Waals surface area (Å²) in [6, 6.07) is 38.3. The molecule has 0 saturated carbocycles. The van der Waals surface area contributed by atoms with Gasteiger partial charge in [-0.1, -0.05) is 96.1 Å². The van der Waals surface area contributed by atoms with E-state index >= 15 is 0 Å². The fourth-order valence-corrected chi connectivity index (χ4v) is 5.23. The lowest BCUT2D eigenvalue weighted by Crippen LogP contribution is -2.12. The zero-order valence-electron chi connectivity index (χ0n) is 22.9. The van der Waals surface area contributed by atoms with E-state index in [1.807, 2.05) is 123 Å². The van der Waals surface area contributed by atoms with Crippen LogP contribution >= 0.6 is 0 Å². The van der Waals surface area contributed by atoms with Crippen molar-refractivity contribution in [3.63, 3.8) is 0 Å². The number of fused-ring (bicyclic) bond motifs is 2. The number of aryl methyl sites for hydroxylation is 2. The highest BCUT2D eigenvalue weighted by atomic mass is 16.5. The minimum atomic E-state index is -0.422. The zero-order chi connectivity index (χ0) is 28.3. The molecule has 0 radical (unpaired) electrons. The van der Waals surface area contributed by atoms with Gasteiger partial charge in [-0.3, -0.25) is 0 Å². The standard InChI is InChI=1S/C37H28O4/c1-24-9-7-13-28(21-24)36(38)40-34-19-17-26-11-3-5-15-30(26)32(34)23-33-31-16-6-4-12-27(31)18-20-35(33)41-37(39)29-14-8-10-25(2)22-29/h3-22H,23H2,1-2H3. The van der Waals surface area contributed by atoms with Gasteiger partial charge >= 0.3 is 11.9 Å². The molecule has 0 atom stereocenters. The largest absolute Gasteiger partial charge is 0.423 e. The summed E-state index contributed by atoms with van der Waals surface area (Å²) >= 11 is 0. The van der Waals surface area contributed by atoms with Gasteiger partial charge < -0.3 is 9.47 Å². The number of rotatable bonds is 6. The number of esters is 2. The molecule has 200 valence electrons. The number of benzene rings is 6. The summed E-state index contributed by atoms with van der Waals surface area (Å²) in [5.74, 6) is 0.0988. The van der Waals surface area contributed by atoms with Gasteiger partial charge in [0.25, 0.3) is 0 Å². The second kappa shape index (κ2) is 11.1. The van der Waals surface area contributed by atoms with E-state index in [0.29, 0.717) is 29.0 Å². The molecule has 0 aliphatic heterocycles. The van der Waals surface area contributed by atoms with Crippen LogP contribution < -0.4 is 9.47 Å². The second-order valence-corrected chi connectivity index (χ2v) is 10.2. The Bertz CT molecular complexity index is 1800. The molecule has 0 aromatic heterocycles. The summed E-state index contributed by atoms with van der Waals surface area (Å²) in [6.07, 6.45) is 0.384. The number of carbonyl (C=O) groups is 2. The molecule has 6 aromatic carbocycles. The number of hydrogen-bond acceptors (Lipinski definition) is 4. The van der Waals surface area contributed by atoms with Gasteiger partial charge in [-0.05, 0) is 71.8 Å². The molecule has 0 spiro atoms. The molecule has 0 saturated heterocycles. The maximum atomic E-state index is 13.2. The molecule has 0 bridgehead atoms. The first-order valence-electron chi connectivity index (χ1n) is 13.6. The van der Waals surface area contributed by atoms with E-state index in [1.165, 1.54) is 0 Å². The molecule has 6 rings (SSSR count). The molecular weight excluding hydrogens is 508 g/mol. The van der Waals surface area contributed by atoms with Crippen LogP contribution in [-0.2, 0) is 6.42 Å². The first-order chi connectivity index (χ1) is 20.0. The minimum absolute atomic E-state index is 0.384. The maximum absolute atomic E-state index is 13.2. The van der Waals surface area contributed by atoms with Crippen LogP contribution in [0.4, 0.5) is 0 Å². The Morgan fingerprint density at radius 1 is 0.512 bits per heavy atom. The predicted molar refractivity (Wildman–Crippen MR) is 163 cm³/mol. The van der Waals surface area contributed by atoms with Gasteiger partial charge in [0.15, 0.2) is 0 Å². The highest BCUT2D eigenvalue weighted by Crippen LogP contribution is 2.37. The van der Waals surface area contributed by atoms with Crippen molar-refractivity contribution in [2.24, 2.45) is 0 Å². The third kappa shape index (κ3) is 5.45. The van der Waals surface area contributed by atoms with Crippen LogP contribution in [0.5, 0.6) is 11.5 Å². The van der Waals surface area contributed by atoms with Gasteiger partial charge in [0.2, 0.25) is 0 Å². The van der Waals surface area contributed by atoms with Crippen LogP contribution in [0, 0.1) is 13.8 Å². The molecule has 0 unspecified atom stereocenters. The quantitative estimate of drug-likeness (QED) is 0.158. The summed E-state index contributed by atoms with van der Waals surface area (Å²) < 4.78 is 12.1. The smallest absolute Gasteiger partial charge is 0.343 e. The molecule has 0 amide bonds. The maximum Gasteiger partial charge on any atom is 0.343 e. The Morgan fingerprint density at radius 2 is 0.951 bits per heavy atom. The Balaban J connectivity index is 1.46. The Morgan fingerprint density at radius 3 is 1.39 bits per heavy atom. The van der Waals surface area contributed by atoms with E-state index in [4.69, 9.17) is 9.47 Å². The highest BCUT2D eigenvalue weighted by Gasteiger charge is 2.20. The van der Waals surface area contributed by atoms with Crippen LogP contribution in [-0.4, -0.2) is 11.9 Å². The van der Waals surface area contributed by atoms with Gasteiger partial charge in [-0.15, -0.1) is 0 Å². The molecule has 0 aliphatic carbocycles. The third-order valence-electron chi connectivity index (χ3n) is 7.26. The molecule has 41 heavy (non-hydrogen) atoms. The van der Waals surface area contributed by atoms with Crippen molar-refractivity contribution >= 4 is 33.5 Å². The average Bonchev–Trinajstić information content (AvgIpc) is 2.99. The summed E-state index contributed by atoms with van der Waals surface area (Å²) in [6.45, 7) is 3.89. The van der Waals surface area contributed by atoms with Gasteiger partial charge in [-0.2, -0.15) is 0 Å². The van der Waals surface area contributed by atoms with Crippen molar-refractivity contribution in [3.05, 3.63) is 155 Å². The van der Waals surface area contributed by atoms with Crippen molar-refractivity contribution < 1.29 is 19.1 Å². The second-order valence-electron chi connectivity index (χ2n) is 10.2. The highest BCUT2D eigenvalue weighted by molar-refractivity contribution is 5.96. The fourth-order valence-electron chi connectivity index (χ4n) is 5.23. The number of ether oxygens (including phenoxy) is 2. The first-order valence-corrected chi connectivity index (χ1v) is 13.6. The van der Waals surface area contributed by atoms with Crippen molar-refractivity contribution in [3.8, 4) is 11.5 Å². The van der Waals surface area contributed by atoms with E-state index in [0.717, 1.165) is 43.8 Å². The van der Waals surface area contributed by atoms with Gasteiger partial charge in [-0.25, -0.2) is 9.59 Å². The summed E-state index contributed by atoms with van der Waals surface area (Å²) in [5, 5.41) is 3.98. The molecule has 0 heterocycles. The molecule has 0 aliphatic rings. The number of carbonyl (C=O) groups excluding carboxylic acids is 2. The molecule has 6 aromatic rings. The van der Waals surface area contributed by atoms with E-state index in [-0.39, 0.29) is 0 Å². The SMILES string of the molecule is Cc1cccc(C(=O)Oc2ccc3ccccc3c2Cc2c(OC(=O)c3cccc(C)c3)ccc3ccccc23)c1. The molecule has 4 nitrogen and oxygen atoms in total. The van der Waals surface area contributed by atoms with Crippen LogP contribution in [0.25, 0.3) is 21.5 Å². The third-order valence-corrected chi connectivity index (χ3v) is 7.26. The van der Waals surface area contributed by atoms with Crippen LogP contribution in [0.2, 0.25) is 0 Å². The average molecular weight is 537 g/mol. The Kier molecular flexibility index (Phi) is 7.05. The Labute approximate surface area is 238 Å². The van der Waals surface area contributed by atoms with Gasteiger partial charge in [0.1, 0.15) is 11.5 Å². The summed E-state index contributed by atoms with van der Waals surface area (Å²) in [7, 11) is 0. The lowest BCUT2D eigenvalue weighted by atomic mass is 9.93. The fraction of sp³-hybridized carbons (Fsp3) is 0.0811. The molecular formula is C37H28O4. The van der Waals surface area contributed by atoms with Crippen LogP contribution in [0.15, 0.2) is 121 Å². The molecule has 4 heteroatoms. The van der Waals surface area contributed by atoms with Crippen LogP contribution in [0.1, 0.15) is 43.0 Å². The predicted octanol–water partition coefficient (Wildman–Crippen LogP) is 8.64. The molecule has 0 N–H and O–H groups in total. The van der Waals surface area contributed by atoms with Crippen molar-refractivity contribution in [2.75, 3.05) is 0 Å². The van der Waals surface area contributed by atoms with E-state index in [9.17, 15) is 9.59 Å². The van der Waals surface area contributed by atoms with E-state index in [2.05, 4.69) is 0 Å². The van der Waals surface area contributed by atoms with Crippen molar-refractivity contribution in [1.29, 1.82) is 0 Å². The monoisotopic (exact) mass is 536 g/mol.